The molecule has 0 aromatic carbocycles. The SMILES string of the molecule is CC/C=C/C=C/C=C/CCCCCCCCC(O)C(=O)NC(COC1OC(CO)C(O)C(O)C1OC(=O)CCCCCCCCC/C=C\C/C=C\C/C=C\C/C=C\CCCCC)C(O)/C=C/CCCCCCCCCCCCC. The van der Waals surface area contributed by atoms with Crippen LogP contribution in [0.5, 0.6) is 0 Å². The zero-order chi connectivity index (χ0) is 57.5. The molecule has 0 saturated carbocycles. The minimum absolute atomic E-state index is 0.105. The van der Waals surface area contributed by atoms with Crippen LogP contribution in [-0.4, -0.2) is 99.6 Å². The first kappa shape index (κ1) is 73.6. The highest BCUT2D eigenvalue weighted by atomic mass is 16.7. The molecule has 8 unspecified atom stereocenters. The zero-order valence-electron chi connectivity index (χ0n) is 50.2. The molecule has 79 heavy (non-hydrogen) atoms. The quantitative estimate of drug-likeness (QED) is 0.0149. The van der Waals surface area contributed by atoms with E-state index in [1.54, 1.807) is 6.08 Å². The predicted molar refractivity (Wildman–Crippen MR) is 329 cm³/mol. The second-order valence-electron chi connectivity index (χ2n) is 21.8. The molecular weight excluding hydrogens is 991 g/mol. The maximum Gasteiger partial charge on any atom is 0.306 e. The summed E-state index contributed by atoms with van der Waals surface area (Å²) < 4.78 is 17.6. The molecule has 1 heterocycles. The third-order valence-electron chi connectivity index (χ3n) is 14.5. The molecule has 8 atom stereocenters. The Balaban J connectivity index is 2.66. The van der Waals surface area contributed by atoms with Gasteiger partial charge in [0.05, 0.1) is 25.4 Å². The fourth-order valence-corrected chi connectivity index (χ4v) is 9.46. The van der Waals surface area contributed by atoms with E-state index in [0.717, 1.165) is 128 Å². The van der Waals surface area contributed by atoms with E-state index < -0.39 is 67.4 Å². The summed E-state index contributed by atoms with van der Waals surface area (Å²) >= 11 is 0. The first-order chi connectivity index (χ1) is 38.7. The number of rotatable bonds is 53. The number of carbonyl (C=O) groups is 2. The van der Waals surface area contributed by atoms with Crippen LogP contribution in [0.4, 0.5) is 0 Å². The van der Waals surface area contributed by atoms with E-state index in [0.29, 0.717) is 12.8 Å². The minimum Gasteiger partial charge on any atom is -0.454 e. The maximum absolute atomic E-state index is 13.4. The lowest BCUT2D eigenvalue weighted by atomic mass is 9.99. The Hall–Kier alpha value is -3.42. The second kappa shape index (κ2) is 55.1. The van der Waals surface area contributed by atoms with Crippen molar-refractivity contribution >= 4 is 11.9 Å². The summed E-state index contributed by atoms with van der Waals surface area (Å²) in [6, 6.07) is -1.04. The van der Waals surface area contributed by atoms with Crippen LogP contribution in [0.2, 0.25) is 0 Å². The van der Waals surface area contributed by atoms with Crippen molar-refractivity contribution in [3.63, 3.8) is 0 Å². The fraction of sp³-hybridized carbons (Fsp3) is 0.735. The number of ether oxygens (including phenoxy) is 3. The first-order valence-electron chi connectivity index (χ1n) is 32.0. The van der Waals surface area contributed by atoms with Crippen LogP contribution < -0.4 is 5.32 Å². The third kappa shape index (κ3) is 43.0. The van der Waals surface area contributed by atoms with E-state index in [2.05, 4.69) is 99.0 Å². The molecule has 1 aliphatic heterocycles. The lowest BCUT2D eigenvalue weighted by Gasteiger charge is -2.41. The molecule has 6 N–H and O–H groups in total. The van der Waals surface area contributed by atoms with Crippen molar-refractivity contribution in [3.8, 4) is 0 Å². The Morgan fingerprint density at radius 3 is 1.49 bits per heavy atom. The largest absolute Gasteiger partial charge is 0.454 e. The van der Waals surface area contributed by atoms with Gasteiger partial charge in [-0.1, -0.05) is 259 Å². The van der Waals surface area contributed by atoms with Gasteiger partial charge < -0.3 is 45.1 Å². The number of carbonyl (C=O) groups excluding carboxylic acids is 2. The lowest BCUT2D eigenvalue weighted by Crippen LogP contribution is -2.61. The van der Waals surface area contributed by atoms with Crippen molar-refractivity contribution in [3.05, 3.63) is 97.2 Å². The normalized spacial score (nSPS) is 19.5. The Kier molecular flexibility index (Phi) is 51.4. The van der Waals surface area contributed by atoms with Crippen molar-refractivity contribution < 1.29 is 49.3 Å². The molecule has 0 aromatic heterocycles. The van der Waals surface area contributed by atoms with Crippen LogP contribution in [0.25, 0.3) is 0 Å². The Labute approximate surface area is 482 Å². The standard InChI is InChI=1S/C68H117NO10/c1-4-7-10-13-16-19-22-25-27-28-29-30-31-32-33-34-35-38-41-44-47-50-53-56-63(73)79-66-65(75)64(74)62(57-70)78-68(66)77-58-59(60(71)54-51-48-45-42-39-36-24-21-18-15-12-9-6-3)69-67(76)61(72)55-52-49-46-43-40-37-26-23-20-17-14-11-8-5-2/h8,11,14,16-17,19-20,23,25,27,29-30,32-33,51,54,59-62,64-66,68,70-72,74-75H,4-7,9-10,12-13,15,18,21-22,24,26,28,31,34-50,52-53,55-58H2,1-3H3,(H,69,76)/b11-8+,17-14+,19-16-,23-20+,27-25-,30-29-,33-32-,54-51+. The van der Waals surface area contributed by atoms with E-state index in [-0.39, 0.29) is 19.4 Å². The van der Waals surface area contributed by atoms with Crippen LogP contribution >= 0.6 is 0 Å². The molecule has 1 rings (SSSR count). The van der Waals surface area contributed by atoms with Gasteiger partial charge in [0, 0.05) is 6.42 Å². The first-order valence-corrected chi connectivity index (χ1v) is 32.0. The highest BCUT2D eigenvalue weighted by Crippen LogP contribution is 2.26. The zero-order valence-corrected chi connectivity index (χ0v) is 50.2. The van der Waals surface area contributed by atoms with Crippen LogP contribution in [0.1, 0.15) is 258 Å². The van der Waals surface area contributed by atoms with E-state index in [4.69, 9.17) is 14.2 Å². The summed E-state index contributed by atoms with van der Waals surface area (Å²) in [6.07, 6.45) is 62.9. The second-order valence-corrected chi connectivity index (χ2v) is 21.8. The van der Waals surface area contributed by atoms with E-state index in [1.165, 1.54) is 83.5 Å². The van der Waals surface area contributed by atoms with Crippen LogP contribution in [-0.2, 0) is 23.8 Å². The van der Waals surface area contributed by atoms with Gasteiger partial charge >= 0.3 is 5.97 Å². The van der Waals surface area contributed by atoms with Gasteiger partial charge in [-0.05, 0) is 89.9 Å². The van der Waals surface area contributed by atoms with Crippen molar-refractivity contribution in [2.24, 2.45) is 0 Å². The molecule has 0 aliphatic carbocycles. The highest BCUT2D eigenvalue weighted by molar-refractivity contribution is 5.80. The number of amides is 1. The summed E-state index contributed by atoms with van der Waals surface area (Å²) in [5.41, 5.74) is 0. The number of aliphatic hydroxyl groups is 5. The molecule has 454 valence electrons. The molecular formula is C68H117NO10. The molecule has 11 heteroatoms. The van der Waals surface area contributed by atoms with Crippen LogP contribution in [0.15, 0.2) is 97.2 Å². The fourth-order valence-electron chi connectivity index (χ4n) is 9.46. The van der Waals surface area contributed by atoms with Crippen LogP contribution in [0, 0.1) is 0 Å². The average molecular weight is 1110 g/mol. The van der Waals surface area contributed by atoms with Crippen LogP contribution in [0.3, 0.4) is 0 Å². The van der Waals surface area contributed by atoms with Gasteiger partial charge in [0.15, 0.2) is 12.4 Å². The van der Waals surface area contributed by atoms with E-state index in [9.17, 15) is 35.1 Å². The predicted octanol–water partition coefficient (Wildman–Crippen LogP) is 15.5. The number of esters is 1. The Morgan fingerprint density at radius 2 is 0.962 bits per heavy atom. The van der Waals surface area contributed by atoms with Gasteiger partial charge in [-0.2, -0.15) is 0 Å². The number of allylic oxidation sites excluding steroid dienone is 15. The number of hydrogen-bond acceptors (Lipinski definition) is 10. The maximum atomic E-state index is 13.4. The summed E-state index contributed by atoms with van der Waals surface area (Å²) in [6.45, 7) is 5.62. The number of aliphatic hydroxyl groups excluding tert-OH is 5. The van der Waals surface area contributed by atoms with Gasteiger partial charge in [-0.25, -0.2) is 0 Å². The van der Waals surface area contributed by atoms with Crippen molar-refractivity contribution in [2.45, 2.75) is 307 Å². The van der Waals surface area contributed by atoms with Crippen molar-refractivity contribution in [2.75, 3.05) is 13.2 Å². The third-order valence-corrected chi connectivity index (χ3v) is 14.5. The molecule has 1 saturated heterocycles. The van der Waals surface area contributed by atoms with E-state index in [1.807, 2.05) is 18.2 Å². The van der Waals surface area contributed by atoms with Gasteiger partial charge in [0.2, 0.25) is 5.91 Å². The van der Waals surface area contributed by atoms with Crippen molar-refractivity contribution in [1.29, 1.82) is 0 Å². The van der Waals surface area contributed by atoms with Gasteiger partial charge in [0.1, 0.15) is 24.4 Å². The molecule has 0 radical (unpaired) electrons. The van der Waals surface area contributed by atoms with Gasteiger partial charge in [-0.15, -0.1) is 0 Å². The molecule has 0 spiro atoms. The number of nitrogens with one attached hydrogen (secondary N) is 1. The summed E-state index contributed by atoms with van der Waals surface area (Å²) in [7, 11) is 0. The minimum atomic E-state index is -1.63. The summed E-state index contributed by atoms with van der Waals surface area (Å²) in [4.78, 5) is 26.6. The monoisotopic (exact) mass is 1110 g/mol. The Bertz CT molecular complexity index is 1650. The molecule has 0 aromatic rings. The molecule has 11 nitrogen and oxygen atoms in total. The smallest absolute Gasteiger partial charge is 0.306 e. The Morgan fingerprint density at radius 1 is 0.519 bits per heavy atom. The molecule has 1 amide bonds. The topological polar surface area (TPSA) is 175 Å². The average Bonchev–Trinajstić information content (AvgIpc) is 3.49. The molecule has 1 fully saturated rings. The van der Waals surface area contributed by atoms with Gasteiger partial charge in [0.25, 0.3) is 0 Å². The van der Waals surface area contributed by atoms with Crippen molar-refractivity contribution in [1.82, 2.24) is 5.32 Å². The van der Waals surface area contributed by atoms with Gasteiger partial charge in [-0.3, -0.25) is 9.59 Å². The molecule has 1 aliphatic rings. The summed E-state index contributed by atoms with van der Waals surface area (Å²) in [5, 5.41) is 57.0. The number of unbranched alkanes of at least 4 members (excludes halogenated alkanes) is 27. The van der Waals surface area contributed by atoms with E-state index >= 15 is 0 Å². The number of hydrogen-bond donors (Lipinski definition) is 6. The lowest BCUT2D eigenvalue weighted by molar-refractivity contribution is -0.305. The highest BCUT2D eigenvalue weighted by Gasteiger charge is 2.47. The molecule has 0 bridgehead atoms. The summed E-state index contributed by atoms with van der Waals surface area (Å²) in [5.74, 6) is -1.22.